The molecule has 1 unspecified atom stereocenters. The topological polar surface area (TPSA) is 44.5 Å². The molecule has 0 radical (unpaired) electrons. The minimum atomic E-state index is -0.297. The highest BCUT2D eigenvalue weighted by molar-refractivity contribution is 9.10. The molecule has 0 amide bonds. The molecule has 0 saturated heterocycles. The van der Waals surface area contributed by atoms with E-state index in [0.29, 0.717) is 21.5 Å². The summed E-state index contributed by atoms with van der Waals surface area (Å²) in [6.45, 7) is 1.91. The molecular weight excluding hydrogens is 301 g/mol. The Balaban J connectivity index is 2.62. The van der Waals surface area contributed by atoms with E-state index in [1.165, 1.54) is 20.3 Å². The van der Waals surface area contributed by atoms with E-state index >= 15 is 0 Å². The third kappa shape index (κ3) is 1.89. The van der Waals surface area contributed by atoms with E-state index in [4.69, 9.17) is 15.2 Å². The molecule has 0 heterocycles. The number of hydrogen-bond donors (Lipinski definition) is 1. The summed E-state index contributed by atoms with van der Waals surface area (Å²) in [5.74, 6) is 0.598. The molecular formula is C13H17BrFNO2. The van der Waals surface area contributed by atoms with Crippen LogP contribution in [0.2, 0.25) is 0 Å². The fourth-order valence-electron chi connectivity index (χ4n) is 2.45. The Morgan fingerprint density at radius 1 is 1.39 bits per heavy atom. The zero-order valence-corrected chi connectivity index (χ0v) is 12.3. The van der Waals surface area contributed by atoms with Crippen LogP contribution in [0.3, 0.4) is 0 Å². The van der Waals surface area contributed by atoms with Gasteiger partial charge in [-0.2, -0.15) is 0 Å². The summed E-state index contributed by atoms with van der Waals surface area (Å²) in [5.41, 5.74) is 6.34. The Hall–Kier alpha value is -0.810. The van der Waals surface area contributed by atoms with Crippen molar-refractivity contribution in [1.82, 2.24) is 0 Å². The molecule has 1 aromatic rings. The summed E-state index contributed by atoms with van der Waals surface area (Å²) < 4.78 is 25.3. The molecule has 18 heavy (non-hydrogen) atoms. The lowest BCUT2D eigenvalue weighted by molar-refractivity contribution is 0.347. The van der Waals surface area contributed by atoms with Crippen molar-refractivity contribution in [2.24, 2.45) is 5.73 Å². The minimum Gasteiger partial charge on any atom is -0.493 e. The third-order valence-electron chi connectivity index (χ3n) is 3.72. The molecule has 2 N–H and O–H groups in total. The van der Waals surface area contributed by atoms with Crippen molar-refractivity contribution in [3.8, 4) is 11.5 Å². The van der Waals surface area contributed by atoms with Crippen molar-refractivity contribution in [1.29, 1.82) is 0 Å². The van der Waals surface area contributed by atoms with E-state index in [0.717, 1.165) is 12.8 Å². The lowest BCUT2D eigenvalue weighted by atomic mass is 9.88. The van der Waals surface area contributed by atoms with Crippen LogP contribution in [0.15, 0.2) is 10.5 Å². The smallest absolute Gasteiger partial charge is 0.175 e. The molecule has 0 bridgehead atoms. The lowest BCUT2D eigenvalue weighted by Crippen LogP contribution is -2.32. The average molecular weight is 318 g/mol. The largest absolute Gasteiger partial charge is 0.493 e. The maximum atomic E-state index is 14.3. The number of nitrogens with two attached hydrogens (primary N) is 1. The van der Waals surface area contributed by atoms with E-state index in [-0.39, 0.29) is 17.3 Å². The van der Waals surface area contributed by atoms with E-state index in [1.807, 2.05) is 6.92 Å². The SMILES string of the molecule is COc1cc(F)c(C2(C(C)N)CC2)c(Br)c1OC. The second-order valence-corrected chi connectivity index (χ2v) is 5.52. The highest BCUT2D eigenvalue weighted by Gasteiger charge is 2.51. The van der Waals surface area contributed by atoms with Gasteiger partial charge in [0, 0.05) is 23.1 Å². The number of rotatable bonds is 4. The van der Waals surface area contributed by atoms with E-state index in [1.54, 1.807) is 0 Å². The van der Waals surface area contributed by atoms with Crippen LogP contribution in [0.25, 0.3) is 0 Å². The van der Waals surface area contributed by atoms with Crippen LogP contribution in [0, 0.1) is 5.82 Å². The second-order valence-electron chi connectivity index (χ2n) is 4.73. The maximum Gasteiger partial charge on any atom is 0.175 e. The molecule has 1 aromatic carbocycles. The van der Waals surface area contributed by atoms with Crippen LogP contribution in [0.5, 0.6) is 11.5 Å². The van der Waals surface area contributed by atoms with Crippen LogP contribution >= 0.6 is 15.9 Å². The van der Waals surface area contributed by atoms with E-state index < -0.39 is 0 Å². The highest BCUT2D eigenvalue weighted by atomic mass is 79.9. The summed E-state index contributed by atoms with van der Waals surface area (Å²) >= 11 is 3.43. The molecule has 0 spiro atoms. The lowest BCUT2D eigenvalue weighted by Gasteiger charge is -2.24. The zero-order chi connectivity index (χ0) is 13.5. The number of benzene rings is 1. The van der Waals surface area contributed by atoms with Gasteiger partial charge in [-0.25, -0.2) is 4.39 Å². The fraction of sp³-hybridized carbons (Fsp3) is 0.538. The molecule has 1 saturated carbocycles. The van der Waals surface area contributed by atoms with E-state index in [2.05, 4.69) is 15.9 Å². The molecule has 0 aromatic heterocycles. The first kappa shape index (κ1) is 13.6. The predicted octanol–water partition coefficient (Wildman–Crippen LogP) is 2.98. The Labute approximate surface area is 115 Å². The number of ether oxygens (including phenoxy) is 2. The van der Waals surface area contributed by atoms with Gasteiger partial charge in [0.2, 0.25) is 0 Å². The first-order valence-corrected chi connectivity index (χ1v) is 6.63. The van der Waals surface area contributed by atoms with Gasteiger partial charge in [0.1, 0.15) is 5.82 Å². The van der Waals surface area contributed by atoms with E-state index in [9.17, 15) is 4.39 Å². The molecule has 0 aliphatic heterocycles. The minimum absolute atomic E-state index is 0.0959. The molecule has 3 nitrogen and oxygen atoms in total. The van der Waals surface area contributed by atoms with Crippen molar-refractivity contribution >= 4 is 15.9 Å². The van der Waals surface area contributed by atoms with Crippen LogP contribution in [-0.2, 0) is 5.41 Å². The second kappa shape index (κ2) is 4.70. The van der Waals surface area contributed by atoms with Gasteiger partial charge in [0.05, 0.1) is 18.7 Å². The Morgan fingerprint density at radius 2 is 2.00 bits per heavy atom. The van der Waals surface area contributed by atoms with Gasteiger partial charge in [0.25, 0.3) is 0 Å². The van der Waals surface area contributed by atoms with Crippen molar-refractivity contribution in [3.63, 3.8) is 0 Å². The number of halogens is 2. The van der Waals surface area contributed by atoms with Crippen LogP contribution in [0.1, 0.15) is 25.3 Å². The molecule has 5 heteroatoms. The molecule has 2 rings (SSSR count). The average Bonchev–Trinajstić information content (AvgIpc) is 3.09. The van der Waals surface area contributed by atoms with Gasteiger partial charge in [-0.1, -0.05) is 0 Å². The maximum absolute atomic E-state index is 14.3. The molecule has 1 aliphatic rings. The van der Waals surface area contributed by atoms with Crippen LogP contribution in [-0.4, -0.2) is 20.3 Å². The quantitative estimate of drug-likeness (QED) is 0.928. The normalized spacial score (nSPS) is 18.3. The Morgan fingerprint density at radius 3 is 2.39 bits per heavy atom. The Kier molecular flexibility index (Phi) is 3.56. The molecule has 1 aliphatic carbocycles. The van der Waals surface area contributed by atoms with Crippen molar-refractivity contribution in [2.75, 3.05) is 14.2 Å². The molecule has 1 fully saturated rings. The monoisotopic (exact) mass is 317 g/mol. The van der Waals surface area contributed by atoms with Gasteiger partial charge in [-0.05, 0) is 35.7 Å². The third-order valence-corrected chi connectivity index (χ3v) is 4.48. The standard InChI is InChI=1S/C13H17BrFNO2/c1-7(16)13(4-5-13)10-8(15)6-9(17-2)12(18-3)11(10)14/h6-7H,4-5,16H2,1-3H3. The highest BCUT2D eigenvalue weighted by Crippen LogP contribution is 2.56. The van der Waals surface area contributed by atoms with Gasteiger partial charge in [-0.3, -0.25) is 0 Å². The summed E-state index contributed by atoms with van der Waals surface area (Å²) in [4.78, 5) is 0. The van der Waals surface area contributed by atoms with Crippen LogP contribution < -0.4 is 15.2 Å². The van der Waals surface area contributed by atoms with Gasteiger partial charge in [-0.15, -0.1) is 0 Å². The Bertz CT molecular complexity index is 473. The predicted molar refractivity (Wildman–Crippen MR) is 71.8 cm³/mol. The molecule has 1 atom stereocenters. The number of methoxy groups -OCH3 is 2. The van der Waals surface area contributed by atoms with Crippen LogP contribution in [0.4, 0.5) is 4.39 Å². The van der Waals surface area contributed by atoms with Crippen molar-refractivity contribution in [3.05, 3.63) is 21.9 Å². The number of hydrogen-bond acceptors (Lipinski definition) is 3. The summed E-state index contributed by atoms with van der Waals surface area (Å²) in [6, 6.07) is 1.27. The van der Waals surface area contributed by atoms with Gasteiger partial charge < -0.3 is 15.2 Å². The summed E-state index contributed by atoms with van der Waals surface area (Å²) in [6.07, 6.45) is 1.80. The molecule has 100 valence electrons. The fourth-order valence-corrected chi connectivity index (χ4v) is 3.39. The summed E-state index contributed by atoms with van der Waals surface area (Å²) in [7, 11) is 3.03. The zero-order valence-electron chi connectivity index (χ0n) is 10.7. The van der Waals surface area contributed by atoms with Gasteiger partial charge in [0.15, 0.2) is 11.5 Å². The van der Waals surface area contributed by atoms with Gasteiger partial charge >= 0.3 is 0 Å². The van der Waals surface area contributed by atoms with Crippen molar-refractivity contribution < 1.29 is 13.9 Å². The first-order chi connectivity index (χ1) is 8.47. The van der Waals surface area contributed by atoms with Crippen molar-refractivity contribution in [2.45, 2.75) is 31.2 Å². The summed E-state index contributed by atoms with van der Waals surface area (Å²) in [5, 5.41) is 0. The first-order valence-electron chi connectivity index (χ1n) is 5.84.